The summed E-state index contributed by atoms with van der Waals surface area (Å²) in [6.07, 6.45) is -0.420. The van der Waals surface area contributed by atoms with Gasteiger partial charge in [-0.05, 0) is 18.2 Å². The zero-order valence-corrected chi connectivity index (χ0v) is 8.03. The van der Waals surface area contributed by atoms with Crippen molar-refractivity contribution in [1.29, 1.82) is 5.26 Å². The number of hydrogen-bond acceptors (Lipinski definition) is 3. The van der Waals surface area contributed by atoms with Crippen LogP contribution in [-0.4, -0.2) is 17.0 Å². The molecule has 0 aliphatic carbocycles. The quantitative estimate of drug-likeness (QED) is 0.808. The third kappa shape index (κ3) is 2.78. The minimum absolute atomic E-state index is 0.145. The summed E-state index contributed by atoms with van der Waals surface area (Å²) in [4.78, 5) is 21.6. The van der Waals surface area contributed by atoms with Crippen LogP contribution in [0.3, 0.4) is 0 Å². The van der Waals surface area contributed by atoms with E-state index in [0.29, 0.717) is 0 Å². The monoisotopic (exact) mass is 222 g/mol. The van der Waals surface area contributed by atoms with Crippen LogP contribution in [0.2, 0.25) is 0 Å². The normalized spacial score (nSPS) is 9.25. The van der Waals surface area contributed by atoms with Gasteiger partial charge in [0.15, 0.2) is 0 Å². The van der Waals surface area contributed by atoms with Crippen molar-refractivity contribution in [3.63, 3.8) is 0 Å². The molecule has 5 nitrogen and oxygen atoms in total. The molecule has 0 radical (unpaired) electrons. The van der Waals surface area contributed by atoms with Gasteiger partial charge in [0.25, 0.3) is 0 Å². The number of nitrogens with one attached hydrogen (secondary N) is 1. The van der Waals surface area contributed by atoms with Crippen LogP contribution < -0.4 is 5.32 Å². The number of rotatable bonds is 3. The summed E-state index contributed by atoms with van der Waals surface area (Å²) in [6, 6.07) is 4.60. The molecule has 0 bridgehead atoms. The van der Waals surface area contributed by atoms with Crippen LogP contribution in [0, 0.1) is 17.1 Å². The largest absolute Gasteiger partial charge is 0.478 e. The van der Waals surface area contributed by atoms with Crippen molar-refractivity contribution < 1.29 is 19.1 Å². The number of aromatic carboxylic acids is 1. The summed E-state index contributed by atoms with van der Waals surface area (Å²) in [5, 5.41) is 19.0. The maximum atomic E-state index is 13.1. The van der Waals surface area contributed by atoms with E-state index in [1.54, 1.807) is 6.07 Å². The van der Waals surface area contributed by atoms with Crippen molar-refractivity contribution in [2.24, 2.45) is 0 Å². The van der Waals surface area contributed by atoms with E-state index in [9.17, 15) is 14.0 Å². The van der Waals surface area contributed by atoms with Crippen molar-refractivity contribution in [3.8, 4) is 6.07 Å². The molecule has 0 saturated carbocycles. The molecule has 0 saturated heterocycles. The SMILES string of the molecule is N#CCC(=O)Nc1cc(C(=O)O)ccc1F. The number of carbonyl (C=O) groups excluding carboxylic acids is 1. The Labute approximate surface area is 90.1 Å². The number of nitrogens with zero attached hydrogens (tertiary/aromatic N) is 1. The minimum atomic E-state index is -1.23. The van der Waals surface area contributed by atoms with Crippen LogP contribution in [0.4, 0.5) is 10.1 Å². The summed E-state index contributed by atoms with van der Waals surface area (Å²) < 4.78 is 13.1. The van der Waals surface area contributed by atoms with E-state index in [1.807, 2.05) is 0 Å². The first kappa shape index (κ1) is 11.7. The number of hydrogen-bond donors (Lipinski definition) is 2. The molecule has 82 valence electrons. The number of carboxylic acids is 1. The van der Waals surface area contributed by atoms with Crippen molar-refractivity contribution >= 4 is 17.6 Å². The van der Waals surface area contributed by atoms with Crippen molar-refractivity contribution in [2.45, 2.75) is 6.42 Å². The van der Waals surface area contributed by atoms with Gasteiger partial charge >= 0.3 is 5.97 Å². The molecule has 0 spiro atoms. The van der Waals surface area contributed by atoms with E-state index in [4.69, 9.17) is 10.4 Å². The Hall–Kier alpha value is -2.42. The molecule has 1 amide bonds. The Kier molecular flexibility index (Phi) is 3.56. The smallest absolute Gasteiger partial charge is 0.335 e. The van der Waals surface area contributed by atoms with Crippen LogP contribution >= 0.6 is 0 Å². The number of benzene rings is 1. The number of carbonyl (C=O) groups is 2. The first-order valence-corrected chi connectivity index (χ1v) is 4.24. The lowest BCUT2D eigenvalue weighted by molar-refractivity contribution is -0.115. The molecule has 0 unspecified atom stereocenters. The lowest BCUT2D eigenvalue weighted by Gasteiger charge is -2.05. The molecular formula is C10H7FN2O3. The number of anilines is 1. The summed E-state index contributed by atoms with van der Waals surface area (Å²) in [6.45, 7) is 0. The highest BCUT2D eigenvalue weighted by atomic mass is 19.1. The summed E-state index contributed by atoms with van der Waals surface area (Å²) in [5.74, 6) is -2.67. The van der Waals surface area contributed by atoms with Crippen molar-refractivity contribution in [1.82, 2.24) is 0 Å². The second kappa shape index (κ2) is 4.89. The maximum Gasteiger partial charge on any atom is 0.335 e. The van der Waals surface area contributed by atoms with E-state index in [0.717, 1.165) is 18.2 Å². The summed E-state index contributed by atoms with van der Waals surface area (Å²) in [5.41, 5.74) is -0.395. The third-order valence-electron chi connectivity index (χ3n) is 1.73. The Morgan fingerprint density at radius 3 is 2.75 bits per heavy atom. The van der Waals surface area contributed by atoms with E-state index >= 15 is 0 Å². The number of nitriles is 1. The van der Waals surface area contributed by atoms with Gasteiger partial charge < -0.3 is 10.4 Å². The van der Waals surface area contributed by atoms with Gasteiger partial charge in [-0.1, -0.05) is 0 Å². The second-order valence-corrected chi connectivity index (χ2v) is 2.88. The zero-order valence-electron chi connectivity index (χ0n) is 8.03. The van der Waals surface area contributed by atoms with Crippen LogP contribution in [0.25, 0.3) is 0 Å². The average molecular weight is 222 g/mol. The van der Waals surface area contributed by atoms with Gasteiger partial charge in [0, 0.05) is 0 Å². The van der Waals surface area contributed by atoms with Gasteiger partial charge in [-0.3, -0.25) is 4.79 Å². The van der Waals surface area contributed by atoms with Crippen LogP contribution in [0.5, 0.6) is 0 Å². The summed E-state index contributed by atoms with van der Waals surface area (Å²) >= 11 is 0. The minimum Gasteiger partial charge on any atom is -0.478 e. The predicted molar refractivity (Wildman–Crippen MR) is 52.2 cm³/mol. The highest BCUT2D eigenvalue weighted by Gasteiger charge is 2.10. The third-order valence-corrected chi connectivity index (χ3v) is 1.73. The van der Waals surface area contributed by atoms with E-state index < -0.39 is 24.1 Å². The molecule has 1 rings (SSSR count). The average Bonchev–Trinajstić information content (AvgIpc) is 2.21. The second-order valence-electron chi connectivity index (χ2n) is 2.88. The van der Waals surface area contributed by atoms with Gasteiger partial charge in [0.05, 0.1) is 17.3 Å². The van der Waals surface area contributed by atoms with Gasteiger partial charge in [-0.25, -0.2) is 9.18 Å². The Morgan fingerprint density at radius 2 is 2.19 bits per heavy atom. The first-order valence-electron chi connectivity index (χ1n) is 4.24. The fraction of sp³-hybridized carbons (Fsp3) is 0.100. The molecule has 2 N–H and O–H groups in total. The fourth-order valence-electron chi connectivity index (χ4n) is 1.02. The first-order chi connectivity index (χ1) is 7.54. The van der Waals surface area contributed by atoms with E-state index in [-0.39, 0.29) is 11.3 Å². The Balaban J connectivity index is 2.95. The highest BCUT2D eigenvalue weighted by molar-refractivity contribution is 5.94. The van der Waals surface area contributed by atoms with Crippen molar-refractivity contribution in [3.05, 3.63) is 29.6 Å². The standard InChI is InChI=1S/C10H7FN2O3/c11-7-2-1-6(10(15)16)5-8(7)13-9(14)3-4-12/h1-2,5H,3H2,(H,13,14)(H,15,16). The zero-order chi connectivity index (χ0) is 12.1. The van der Waals surface area contributed by atoms with Crippen molar-refractivity contribution in [2.75, 3.05) is 5.32 Å². The van der Waals surface area contributed by atoms with Gasteiger partial charge in [-0.2, -0.15) is 5.26 Å². The number of halogens is 1. The van der Waals surface area contributed by atoms with Gasteiger partial charge in [-0.15, -0.1) is 0 Å². The Bertz CT molecular complexity index is 479. The fourth-order valence-corrected chi connectivity index (χ4v) is 1.02. The molecule has 1 aromatic rings. The Morgan fingerprint density at radius 1 is 1.50 bits per heavy atom. The maximum absolute atomic E-state index is 13.1. The van der Waals surface area contributed by atoms with E-state index in [2.05, 4.69) is 5.32 Å². The molecule has 6 heteroatoms. The lowest BCUT2D eigenvalue weighted by atomic mass is 10.2. The van der Waals surface area contributed by atoms with E-state index in [1.165, 1.54) is 0 Å². The number of carboxylic acid groups (broad SMARTS) is 1. The van der Waals surface area contributed by atoms with Crippen LogP contribution in [-0.2, 0) is 4.79 Å². The summed E-state index contributed by atoms with van der Waals surface area (Å²) in [7, 11) is 0. The molecule has 1 aromatic carbocycles. The predicted octanol–water partition coefficient (Wildman–Crippen LogP) is 1.38. The lowest BCUT2D eigenvalue weighted by Crippen LogP contribution is -2.12. The topological polar surface area (TPSA) is 90.2 Å². The van der Waals surface area contributed by atoms with Gasteiger partial charge in [0.2, 0.25) is 5.91 Å². The molecule has 0 aliphatic heterocycles. The number of amides is 1. The molecule has 0 atom stereocenters. The molecular weight excluding hydrogens is 215 g/mol. The van der Waals surface area contributed by atoms with Gasteiger partial charge in [0.1, 0.15) is 12.2 Å². The highest BCUT2D eigenvalue weighted by Crippen LogP contribution is 2.16. The molecule has 0 heterocycles. The molecule has 16 heavy (non-hydrogen) atoms. The molecule has 0 aromatic heterocycles. The molecule has 0 aliphatic rings. The molecule has 0 fully saturated rings. The van der Waals surface area contributed by atoms with Crippen LogP contribution in [0.1, 0.15) is 16.8 Å². The van der Waals surface area contributed by atoms with Crippen LogP contribution in [0.15, 0.2) is 18.2 Å².